The molecule has 1 saturated heterocycles. The van der Waals surface area contributed by atoms with Crippen molar-refractivity contribution < 1.29 is 0 Å². The highest BCUT2D eigenvalue weighted by atomic mass is 35.5. The maximum absolute atomic E-state index is 6.32. The quantitative estimate of drug-likeness (QED) is 0.760. The zero-order valence-electron chi connectivity index (χ0n) is 14.6. The first kappa shape index (κ1) is 16.1. The summed E-state index contributed by atoms with van der Waals surface area (Å²) in [5.74, 6) is 0.625. The molecule has 1 fully saturated rings. The van der Waals surface area contributed by atoms with Gasteiger partial charge in [0.05, 0.1) is 5.69 Å². The fourth-order valence-electron chi connectivity index (χ4n) is 4.78. The molecule has 0 N–H and O–H groups in total. The molecule has 1 aliphatic heterocycles. The number of aryl methyl sites for hydroxylation is 2. The minimum Gasteiger partial charge on any atom is -0.306 e. The molecule has 1 aromatic heterocycles. The molecule has 0 bridgehead atoms. The lowest BCUT2D eigenvalue weighted by Crippen LogP contribution is -2.42. The van der Waals surface area contributed by atoms with Crippen molar-refractivity contribution >= 4 is 11.6 Å². The summed E-state index contributed by atoms with van der Waals surface area (Å²) in [5, 5.41) is 0.846. The smallest absolute Gasteiger partial charge is 0.0541 e. The lowest BCUT2D eigenvalue weighted by molar-refractivity contribution is 0.170. The third-order valence-corrected chi connectivity index (χ3v) is 6.44. The number of halogens is 1. The summed E-state index contributed by atoms with van der Waals surface area (Å²) in [6.07, 6.45) is 6.53. The summed E-state index contributed by atoms with van der Waals surface area (Å²) in [6.45, 7) is 4.77. The Balaban J connectivity index is 1.90. The van der Waals surface area contributed by atoms with Crippen LogP contribution in [0.1, 0.15) is 42.1 Å². The minimum atomic E-state index is -0.0196. The van der Waals surface area contributed by atoms with E-state index < -0.39 is 0 Å². The first-order valence-corrected chi connectivity index (χ1v) is 9.38. The van der Waals surface area contributed by atoms with E-state index in [-0.39, 0.29) is 5.41 Å². The average molecular weight is 341 g/mol. The van der Waals surface area contributed by atoms with Crippen molar-refractivity contribution in [3.8, 4) is 0 Å². The Morgan fingerprint density at radius 1 is 1.12 bits per heavy atom. The molecule has 2 aromatic rings. The van der Waals surface area contributed by atoms with Gasteiger partial charge in [-0.25, -0.2) is 0 Å². The molecule has 1 atom stereocenters. The van der Waals surface area contributed by atoms with E-state index in [0.717, 1.165) is 17.9 Å². The van der Waals surface area contributed by atoms with Crippen molar-refractivity contribution in [3.05, 3.63) is 63.9 Å². The van der Waals surface area contributed by atoms with Gasteiger partial charge in [-0.2, -0.15) is 0 Å². The number of likely N-dealkylation sites (tertiary alicyclic amines) is 1. The summed E-state index contributed by atoms with van der Waals surface area (Å²) in [7, 11) is 2.23. The van der Waals surface area contributed by atoms with Gasteiger partial charge in [0.25, 0.3) is 0 Å². The number of fused-ring (bicyclic) bond motifs is 2. The molecule has 1 aliphatic carbocycles. The molecule has 2 heterocycles. The third kappa shape index (κ3) is 2.57. The fourth-order valence-corrected chi connectivity index (χ4v) is 4.97. The van der Waals surface area contributed by atoms with Crippen molar-refractivity contribution in [2.75, 3.05) is 20.1 Å². The van der Waals surface area contributed by atoms with Gasteiger partial charge >= 0.3 is 0 Å². The van der Waals surface area contributed by atoms with Crippen LogP contribution in [0.4, 0.5) is 0 Å². The molecule has 2 nitrogen and oxygen atoms in total. The lowest BCUT2D eigenvalue weighted by atomic mass is 9.64. The van der Waals surface area contributed by atoms with E-state index in [2.05, 4.69) is 49.2 Å². The van der Waals surface area contributed by atoms with Gasteiger partial charge in [-0.05, 0) is 93.6 Å². The fraction of sp³-hybridized carbons (Fsp3) is 0.476. The number of pyridine rings is 1. The number of piperidine rings is 1. The molecule has 0 spiro atoms. The second-order valence-electron chi connectivity index (χ2n) is 7.59. The van der Waals surface area contributed by atoms with Crippen molar-refractivity contribution in [1.82, 2.24) is 9.88 Å². The molecule has 24 heavy (non-hydrogen) atoms. The number of benzene rings is 1. The van der Waals surface area contributed by atoms with E-state index in [1.165, 1.54) is 48.3 Å². The largest absolute Gasteiger partial charge is 0.306 e. The van der Waals surface area contributed by atoms with Gasteiger partial charge in [0.1, 0.15) is 0 Å². The van der Waals surface area contributed by atoms with E-state index >= 15 is 0 Å². The molecule has 0 saturated carbocycles. The van der Waals surface area contributed by atoms with Crippen LogP contribution in [0.2, 0.25) is 5.02 Å². The van der Waals surface area contributed by atoms with Crippen molar-refractivity contribution in [3.63, 3.8) is 0 Å². The topological polar surface area (TPSA) is 16.1 Å². The average Bonchev–Trinajstić information content (AvgIpc) is 2.71. The van der Waals surface area contributed by atoms with Crippen LogP contribution in [0.15, 0.2) is 36.5 Å². The Labute approximate surface area is 149 Å². The van der Waals surface area contributed by atoms with Gasteiger partial charge in [0, 0.05) is 16.6 Å². The van der Waals surface area contributed by atoms with Gasteiger partial charge in [0.15, 0.2) is 0 Å². The van der Waals surface area contributed by atoms with Crippen LogP contribution < -0.4 is 0 Å². The highest BCUT2D eigenvalue weighted by Crippen LogP contribution is 2.47. The zero-order chi connectivity index (χ0) is 16.7. The Kier molecular flexibility index (Phi) is 4.14. The normalized spacial score (nSPS) is 25.0. The molecule has 126 valence electrons. The third-order valence-electron chi connectivity index (χ3n) is 6.21. The van der Waals surface area contributed by atoms with Crippen LogP contribution in [-0.4, -0.2) is 30.0 Å². The van der Waals surface area contributed by atoms with Gasteiger partial charge in [-0.15, -0.1) is 0 Å². The first-order chi connectivity index (χ1) is 11.6. The van der Waals surface area contributed by atoms with Crippen molar-refractivity contribution in [2.24, 2.45) is 5.92 Å². The van der Waals surface area contributed by atoms with Crippen molar-refractivity contribution in [1.29, 1.82) is 0 Å². The monoisotopic (exact) mass is 340 g/mol. The zero-order valence-corrected chi connectivity index (χ0v) is 15.3. The second kappa shape index (κ2) is 6.16. The van der Waals surface area contributed by atoms with Crippen molar-refractivity contribution in [2.45, 2.75) is 38.0 Å². The summed E-state index contributed by atoms with van der Waals surface area (Å²) in [4.78, 5) is 7.34. The molecule has 0 radical (unpaired) electrons. The highest BCUT2D eigenvalue weighted by Gasteiger charge is 2.43. The van der Waals surface area contributed by atoms with Gasteiger partial charge in [0.2, 0.25) is 0 Å². The Morgan fingerprint density at radius 2 is 1.88 bits per heavy atom. The van der Waals surface area contributed by atoms with E-state index in [1.807, 2.05) is 6.20 Å². The Hall–Kier alpha value is -1.38. The number of hydrogen-bond donors (Lipinski definition) is 0. The highest BCUT2D eigenvalue weighted by molar-refractivity contribution is 6.30. The van der Waals surface area contributed by atoms with E-state index in [4.69, 9.17) is 16.6 Å². The number of rotatable bonds is 1. The van der Waals surface area contributed by atoms with Crippen LogP contribution in [-0.2, 0) is 18.3 Å². The van der Waals surface area contributed by atoms with Crippen LogP contribution in [0.3, 0.4) is 0 Å². The summed E-state index contributed by atoms with van der Waals surface area (Å²) < 4.78 is 0. The Bertz CT molecular complexity index is 749. The first-order valence-electron chi connectivity index (χ1n) is 9.01. The number of aromatic nitrogens is 1. The second-order valence-corrected chi connectivity index (χ2v) is 8.03. The summed E-state index contributed by atoms with van der Waals surface area (Å²) in [6, 6.07) is 10.8. The van der Waals surface area contributed by atoms with Gasteiger partial charge < -0.3 is 4.90 Å². The molecule has 3 heteroatoms. The van der Waals surface area contributed by atoms with Gasteiger partial charge in [-0.1, -0.05) is 23.7 Å². The number of nitrogens with zero attached hydrogens (tertiary/aromatic N) is 2. The molecule has 0 amide bonds. The SMILES string of the molecule is CN1CCC(C2(C)c3ccc(Cl)cc3CCc3cccnc32)CC1. The minimum absolute atomic E-state index is 0.0196. The Morgan fingerprint density at radius 3 is 2.67 bits per heavy atom. The van der Waals surface area contributed by atoms with E-state index in [9.17, 15) is 0 Å². The molecular formula is C21H25ClN2. The van der Waals surface area contributed by atoms with Crippen LogP contribution in [0.25, 0.3) is 0 Å². The van der Waals surface area contributed by atoms with Crippen LogP contribution in [0, 0.1) is 5.92 Å². The standard InChI is InChI=1S/C21H25ClN2/c1-21(17-9-12-24(2)13-10-17)19-8-7-18(22)14-16(19)6-5-15-4-3-11-23-20(15)21/h3-4,7-8,11,14,17H,5-6,9-10,12-13H2,1-2H3. The predicted molar refractivity (Wildman–Crippen MR) is 99.8 cm³/mol. The summed E-state index contributed by atoms with van der Waals surface area (Å²) >= 11 is 6.32. The van der Waals surface area contributed by atoms with Crippen LogP contribution in [0.5, 0.6) is 0 Å². The van der Waals surface area contributed by atoms with Gasteiger partial charge in [-0.3, -0.25) is 4.98 Å². The number of hydrogen-bond acceptors (Lipinski definition) is 2. The van der Waals surface area contributed by atoms with E-state index in [1.54, 1.807) is 0 Å². The lowest BCUT2D eigenvalue weighted by Gasteiger charge is -2.43. The summed E-state index contributed by atoms with van der Waals surface area (Å²) in [5.41, 5.74) is 5.53. The van der Waals surface area contributed by atoms with E-state index in [0.29, 0.717) is 5.92 Å². The molecular weight excluding hydrogens is 316 g/mol. The maximum atomic E-state index is 6.32. The van der Waals surface area contributed by atoms with Crippen LogP contribution >= 0.6 is 11.6 Å². The molecule has 1 aromatic carbocycles. The predicted octanol–water partition coefficient (Wildman–Crippen LogP) is 4.48. The molecule has 1 unspecified atom stereocenters. The maximum Gasteiger partial charge on any atom is 0.0541 e. The molecule has 2 aliphatic rings. The molecule has 4 rings (SSSR count).